The molecule has 2 amide bonds. The zero-order chi connectivity index (χ0) is 14.3. The molecule has 0 aliphatic heterocycles. The summed E-state index contributed by atoms with van der Waals surface area (Å²) in [6.07, 6.45) is 0.740. The summed E-state index contributed by atoms with van der Waals surface area (Å²) in [5.41, 5.74) is 6.27. The van der Waals surface area contributed by atoms with E-state index in [2.05, 4.69) is 26.6 Å². The lowest BCUT2D eigenvalue weighted by atomic mass is 10.1. The van der Waals surface area contributed by atoms with Crippen molar-refractivity contribution < 1.29 is 9.59 Å². The third-order valence-corrected chi connectivity index (χ3v) is 3.02. The van der Waals surface area contributed by atoms with E-state index in [4.69, 9.17) is 5.73 Å². The first-order chi connectivity index (χ1) is 9.01. The molecule has 0 radical (unpaired) electrons. The molecule has 0 aliphatic rings. The van der Waals surface area contributed by atoms with Crippen LogP contribution in [0.3, 0.4) is 0 Å². The minimum atomic E-state index is -0.337. The summed E-state index contributed by atoms with van der Waals surface area (Å²) in [7, 11) is 0. The van der Waals surface area contributed by atoms with Crippen molar-refractivity contribution in [2.75, 3.05) is 13.1 Å². The molecule has 0 fully saturated rings. The SMILES string of the molecule is CC(Cc1ccc(Br)cc1)NC(=O)CNC(=O)CN. The van der Waals surface area contributed by atoms with Crippen molar-refractivity contribution in [3.8, 4) is 0 Å². The summed E-state index contributed by atoms with van der Waals surface area (Å²) in [5, 5.41) is 5.24. The summed E-state index contributed by atoms with van der Waals surface area (Å²) in [6, 6.07) is 7.94. The third kappa shape index (κ3) is 6.35. The van der Waals surface area contributed by atoms with Crippen molar-refractivity contribution in [3.63, 3.8) is 0 Å². The number of carbonyl (C=O) groups excluding carboxylic acids is 2. The van der Waals surface area contributed by atoms with E-state index in [9.17, 15) is 9.59 Å². The minimum Gasteiger partial charge on any atom is -0.352 e. The lowest BCUT2D eigenvalue weighted by Crippen LogP contribution is -2.43. The predicted molar refractivity (Wildman–Crippen MR) is 77.5 cm³/mol. The summed E-state index contributed by atoms with van der Waals surface area (Å²) in [5.74, 6) is -0.554. The van der Waals surface area contributed by atoms with Crippen molar-refractivity contribution >= 4 is 27.7 Å². The molecule has 1 rings (SSSR count). The smallest absolute Gasteiger partial charge is 0.239 e. The first kappa shape index (κ1) is 15.7. The van der Waals surface area contributed by atoms with E-state index in [1.807, 2.05) is 31.2 Å². The Hall–Kier alpha value is -1.40. The molecular weight excluding hydrogens is 310 g/mol. The predicted octanol–water partition coefficient (Wildman–Crippen LogP) is 0.571. The van der Waals surface area contributed by atoms with Crippen LogP contribution >= 0.6 is 15.9 Å². The number of halogens is 1. The Morgan fingerprint density at radius 1 is 1.26 bits per heavy atom. The van der Waals surface area contributed by atoms with Crippen LogP contribution in [0.1, 0.15) is 12.5 Å². The van der Waals surface area contributed by atoms with Gasteiger partial charge in [-0.25, -0.2) is 0 Å². The van der Waals surface area contributed by atoms with E-state index < -0.39 is 0 Å². The third-order valence-electron chi connectivity index (χ3n) is 2.49. The van der Waals surface area contributed by atoms with E-state index in [-0.39, 0.29) is 30.9 Å². The molecule has 0 aliphatic carbocycles. The fourth-order valence-corrected chi connectivity index (χ4v) is 1.87. The molecule has 0 saturated carbocycles. The van der Waals surface area contributed by atoms with Gasteiger partial charge < -0.3 is 16.4 Å². The van der Waals surface area contributed by atoms with Crippen molar-refractivity contribution in [2.24, 2.45) is 5.73 Å². The van der Waals surface area contributed by atoms with Crippen LogP contribution in [-0.2, 0) is 16.0 Å². The van der Waals surface area contributed by atoms with E-state index in [1.54, 1.807) is 0 Å². The average Bonchev–Trinajstić information content (AvgIpc) is 2.38. The molecule has 5 nitrogen and oxygen atoms in total. The fraction of sp³-hybridized carbons (Fsp3) is 0.385. The van der Waals surface area contributed by atoms with Gasteiger partial charge in [-0.1, -0.05) is 28.1 Å². The Kier molecular flexibility index (Phi) is 6.52. The van der Waals surface area contributed by atoms with Gasteiger partial charge in [0.25, 0.3) is 0 Å². The molecule has 1 aromatic rings. The number of hydrogen-bond acceptors (Lipinski definition) is 3. The van der Waals surface area contributed by atoms with Crippen LogP contribution in [0.4, 0.5) is 0 Å². The first-order valence-electron chi connectivity index (χ1n) is 6.02. The molecule has 19 heavy (non-hydrogen) atoms. The zero-order valence-corrected chi connectivity index (χ0v) is 12.4. The standard InChI is InChI=1S/C13H18BrN3O2/c1-9(6-10-2-4-11(14)5-3-10)17-13(19)8-16-12(18)7-15/h2-5,9H,6-8,15H2,1H3,(H,16,18)(H,17,19). The summed E-state index contributed by atoms with van der Waals surface area (Å²) >= 11 is 3.37. The summed E-state index contributed by atoms with van der Waals surface area (Å²) < 4.78 is 1.03. The minimum absolute atomic E-state index is 0.00320. The van der Waals surface area contributed by atoms with Crippen LogP contribution in [0.15, 0.2) is 28.7 Å². The van der Waals surface area contributed by atoms with Gasteiger partial charge in [-0.3, -0.25) is 9.59 Å². The van der Waals surface area contributed by atoms with Crippen LogP contribution in [0.5, 0.6) is 0 Å². The van der Waals surface area contributed by atoms with Crippen LogP contribution in [0.25, 0.3) is 0 Å². The van der Waals surface area contributed by atoms with E-state index in [0.717, 1.165) is 16.5 Å². The van der Waals surface area contributed by atoms with E-state index >= 15 is 0 Å². The monoisotopic (exact) mass is 327 g/mol. The second kappa shape index (κ2) is 7.91. The highest BCUT2D eigenvalue weighted by molar-refractivity contribution is 9.10. The molecule has 0 aromatic heterocycles. The van der Waals surface area contributed by atoms with E-state index in [1.165, 1.54) is 0 Å². The molecule has 0 spiro atoms. The van der Waals surface area contributed by atoms with Crippen molar-refractivity contribution in [1.82, 2.24) is 10.6 Å². The highest BCUT2D eigenvalue weighted by Crippen LogP contribution is 2.11. The highest BCUT2D eigenvalue weighted by Gasteiger charge is 2.09. The van der Waals surface area contributed by atoms with Gasteiger partial charge in [0, 0.05) is 10.5 Å². The van der Waals surface area contributed by atoms with Gasteiger partial charge in [0.1, 0.15) is 0 Å². The highest BCUT2D eigenvalue weighted by atomic mass is 79.9. The van der Waals surface area contributed by atoms with Crippen LogP contribution in [0, 0.1) is 0 Å². The maximum atomic E-state index is 11.5. The second-order valence-corrected chi connectivity index (χ2v) is 5.20. The molecule has 4 N–H and O–H groups in total. The number of rotatable bonds is 6. The first-order valence-corrected chi connectivity index (χ1v) is 6.81. The number of nitrogens with one attached hydrogen (secondary N) is 2. The Labute approximate surface area is 121 Å². The van der Waals surface area contributed by atoms with Gasteiger partial charge in [-0.05, 0) is 31.0 Å². The quantitative estimate of drug-likeness (QED) is 0.714. The van der Waals surface area contributed by atoms with Gasteiger partial charge in [0.05, 0.1) is 13.1 Å². The molecule has 104 valence electrons. The van der Waals surface area contributed by atoms with Crippen LogP contribution < -0.4 is 16.4 Å². The zero-order valence-electron chi connectivity index (χ0n) is 10.8. The number of carbonyl (C=O) groups is 2. The molecule has 0 bridgehead atoms. The molecule has 1 atom stereocenters. The van der Waals surface area contributed by atoms with Gasteiger partial charge >= 0.3 is 0 Å². The lowest BCUT2D eigenvalue weighted by Gasteiger charge is -2.14. The van der Waals surface area contributed by atoms with Gasteiger partial charge in [-0.2, -0.15) is 0 Å². The number of nitrogens with two attached hydrogens (primary N) is 1. The Morgan fingerprint density at radius 3 is 2.47 bits per heavy atom. The summed E-state index contributed by atoms with van der Waals surface area (Å²) in [6.45, 7) is 1.77. The maximum Gasteiger partial charge on any atom is 0.239 e. The number of benzene rings is 1. The van der Waals surface area contributed by atoms with Gasteiger partial charge in [-0.15, -0.1) is 0 Å². The second-order valence-electron chi connectivity index (χ2n) is 4.28. The molecule has 1 aromatic carbocycles. The largest absolute Gasteiger partial charge is 0.352 e. The normalized spacial score (nSPS) is 11.7. The van der Waals surface area contributed by atoms with Gasteiger partial charge in [0.15, 0.2) is 0 Å². The van der Waals surface area contributed by atoms with Crippen molar-refractivity contribution in [1.29, 1.82) is 0 Å². The lowest BCUT2D eigenvalue weighted by molar-refractivity contribution is -0.125. The maximum absolute atomic E-state index is 11.5. The molecule has 0 heterocycles. The van der Waals surface area contributed by atoms with Gasteiger partial charge in [0.2, 0.25) is 11.8 Å². The topological polar surface area (TPSA) is 84.2 Å². The Balaban J connectivity index is 2.34. The molecule has 0 saturated heterocycles. The number of hydrogen-bond donors (Lipinski definition) is 3. The van der Waals surface area contributed by atoms with Crippen molar-refractivity contribution in [2.45, 2.75) is 19.4 Å². The van der Waals surface area contributed by atoms with Crippen LogP contribution in [-0.4, -0.2) is 30.9 Å². The Bertz CT molecular complexity index is 434. The molecular formula is C13H18BrN3O2. The fourth-order valence-electron chi connectivity index (χ4n) is 1.60. The number of amides is 2. The van der Waals surface area contributed by atoms with Crippen molar-refractivity contribution in [3.05, 3.63) is 34.3 Å². The van der Waals surface area contributed by atoms with Crippen LogP contribution in [0.2, 0.25) is 0 Å². The van der Waals surface area contributed by atoms with E-state index in [0.29, 0.717) is 0 Å². The average molecular weight is 328 g/mol. The molecule has 1 unspecified atom stereocenters. The summed E-state index contributed by atoms with van der Waals surface area (Å²) in [4.78, 5) is 22.4. The Morgan fingerprint density at radius 2 is 1.89 bits per heavy atom. The molecule has 6 heteroatoms.